The summed E-state index contributed by atoms with van der Waals surface area (Å²) in [6.07, 6.45) is 25.5. The van der Waals surface area contributed by atoms with Crippen LogP contribution in [0.15, 0.2) is 50.6 Å². The molecular formula is C45H75FO8SU3. The van der Waals surface area contributed by atoms with E-state index in [4.69, 9.17) is 18.9 Å². The van der Waals surface area contributed by atoms with Crippen LogP contribution >= 0.6 is 12.1 Å². The first-order chi connectivity index (χ1) is 26.0. The first-order valence-electron chi connectivity index (χ1n) is 19.9. The Kier molecular flexibility index (Phi) is 37.8. The fraction of sp³-hybridized carbons (Fsp3) is 0.733. The Morgan fingerprint density at radius 1 is 0.500 bits per heavy atom. The number of rotatable bonds is 12. The summed E-state index contributed by atoms with van der Waals surface area (Å²) in [6.45, 7) is 22.9. The van der Waals surface area contributed by atoms with Crippen LogP contribution in [0.25, 0.3) is 0 Å². The van der Waals surface area contributed by atoms with Gasteiger partial charge in [0.05, 0.1) is 50.1 Å². The van der Waals surface area contributed by atoms with Gasteiger partial charge in [0.1, 0.15) is 0 Å². The smallest absolute Gasteiger partial charge is 0.311 e. The number of carbonyl (C=O) groups excluding carboxylic acids is 4. The van der Waals surface area contributed by atoms with Crippen LogP contribution in [-0.4, -0.2) is 58.6 Å². The summed E-state index contributed by atoms with van der Waals surface area (Å²) < 4.78 is 29.6. The molecule has 4 fully saturated rings. The molecule has 0 aliphatic heterocycles. The molecule has 8 nitrogen and oxygen atoms in total. The summed E-state index contributed by atoms with van der Waals surface area (Å²) in [7, 11) is 5.88. The van der Waals surface area contributed by atoms with Gasteiger partial charge in [0, 0.05) is 112 Å². The van der Waals surface area contributed by atoms with Gasteiger partial charge in [-0.15, -0.1) is 26.3 Å². The number of hydrogen-bond donors (Lipinski definition) is 0. The molecule has 2 unspecified atom stereocenters. The Bertz CT molecular complexity index is 1070. The summed E-state index contributed by atoms with van der Waals surface area (Å²) in [5.74, 6) is 1.48. The van der Waals surface area contributed by atoms with E-state index in [1.54, 1.807) is 0 Å². The molecule has 0 aromatic rings. The van der Waals surface area contributed by atoms with Gasteiger partial charge < -0.3 is 18.9 Å². The van der Waals surface area contributed by atoms with Crippen LogP contribution < -0.4 is 0 Å². The quantitative estimate of drug-likeness (QED) is 0.107. The molecule has 0 N–H and O–H groups in total. The minimum absolute atomic E-state index is 0. The predicted octanol–water partition coefficient (Wildman–Crippen LogP) is 11.4. The Hall–Kier alpha value is 0.276. The first kappa shape index (κ1) is 64.9. The first-order valence-corrected chi connectivity index (χ1v) is 21.1. The van der Waals surface area contributed by atoms with Crippen molar-refractivity contribution in [2.45, 2.75) is 130 Å². The fourth-order valence-electron chi connectivity index (χ4n) is 9.28. The van der Waals surface area contributed by atoms with Gasteiger partial charge >= 0.3 is 23.9 Å². The van der Waals surface area contributed by atoms with Crippen LogP contribution in [0.3, 0.4) is 0 Å². The summed E-state index contributed by atoms with van der Waals surface area (Å²) in [6, 6.07) is 0. The SMILES string of the molecule is C=CCC1CCCC1(C)C(=O)OC.C=CC[C@@H]1CCC[C@@]1(C)C(=O)OC.C=CC[C@@H]1CCC[C@]1(C)C(=O)OC.C=CC[C@H]1CCC[C@@]1(C)C(=O)OC.CSF.[U].[U].[U]. The molecule has 8 atom stereocenters. The normalized spacial score (nSPS) is 29.8. The average molecular weight is 1510 g/mol. The van der Waals surface area contributed by atoms with Crippen molar-refractivity contribution in [2.75, 3.05) is 34.7 Å². The van der Waals surface area contributed by atoms with Crippen molar-refractivity contribution in [3.8, 4) is 0 Å². The van der Waals surface area contributed by atoms with Gasteiger partial charge in [-0.1, -0.05) is 50.0 Å². The van der Waals surface area contributed by atoms with E-state index in [-0.39, 0.29) is 151 Å². The monoisotopic (exact) mass is 1510 g/mol. The van der Waals surface area contributed by atoms with Crippen molar-refractivity contribution in [3.05, 3.63) is 50.6 Å². The van der Waals surface area contributed by atoms with E-state index in [9.17, 15) is 23.1 Å². The van der Waals surface area contributed by atoms with Crippen LogP contribution in [0.5, 0.6) is 0 Å². The van der Waals surface area contributed by atoms with Crippen LogP contribution in [0.4, 0.5) is 3.89 Å². The van der Waals surface area contributed by atoms with E-state index in [1.165, 1.54) is 34.7 Å². The maximum atomic E-state index is 11.6. The molecule has 4 aliphatic rings. The molecule has 0 amide bonds. The van der Waals surface area contributed by atoms with Gasteiger partial charge in [0.2, 0.25) is 0 Å². The third-order valence-electron chi connectivity index (χ3n) is 13.0. The number of carbonyl (C=O) groups is 4. The standard InChI is InChI=1S/4C11H18O2.CH3FS.3U/c4*1-4-6-9-7-5-8-11(9,2)10(12)13-3;1-3-2;;;/h4*4,9H,1,5-8H2,2-3H3;1H3;;;/t2*9-,11+;9-,11-;;;;;/m101...../s1. The number of hydrogen-bond acceptors (Lipinski definition) is 9. The van der Waals surface area contributed by atoms with E-state index >= 15 is 0 Å². The molecule has 0 radical (unpaired) electrons. The predicted molar refractivity (Wildman–Crippen MR) is 224 cm³/mol. The number of halogens is 1. The van der Waals surface area contributed by atoms with E-state index < -0.39 is 0 Å². The number of allylic oxidation sites excluding steroid dienone is 4. The van der Waals surface area contributed by atoms with Crippen molar-refractivity contribution >= 4 is 36.0 Å². The third kappa shape index (κ3) is 18.6. The van der Waals surface area contributed by atoms with Crippen LogP contribution in [0, 0.1) is 139 Å². The molecular weight excluding hydrogens is 1430 g/mol. The third-order valence-corrected chi connectivity index (χ3v) is 13.0. The van der Waals surface area contributed by atoms with Gasteiger partial charge in [0.25, 0.3) is 0 Å². The minimum atomic E-state index is -0.261. The van der Waals surface area contributed by atoms with E-state index in [0.717, 1.165) is 103 Å². The molecule has 4 aliphatic carbocycles. The molecule has 58 heavy (non-hydrogen) atoms. The molecule has 0 heterocycles. The number of methoxy groups -OCH3 is 4. The Labute approximate surface area is 427 Å². The minimum Gasteiger partial charge on any atom is -0.469 e. The summed E-state index contributed by atoms with van der Waals surface area (Å²) in [5.41, 5.74) is -1.04. The van der Waals surface area contributed by atoms with Crippen LogP contribution in [-0.2, 0) is 38.1 Å². The zero-order chi connectivity index (χ0) is 42.3. The van der Waals surface area contributed by atoms with Gasteiger partial charge in [-0.2, -0.15) is 3.89 Å². The molecule has 0 saturated heterocycles. The zero-order valence-corrected chi connectivity index (χ0v) is 50.6. The number of esters is 4. The van der Waals surface area contributed by atoms with Gasteiger partial charge in [-0.25, -0.2) is 0 Å². The molecule has 0 aromatic heterocycles. The second-order valence-corrected chi connectivity index (χ2v) is 16.6. The second-order valence-electron chi connectivity index (χ2n) is 16.2. The molecule has 328 valence electrons. The van der Waals surface area contributed by atoms with Gasteiger partial charge in [-0.05, 0) is 128 Å². The van der Waals surface area contributed by atoms with Crippen LogP contribution in [0.1, 0.15) is 130 Å². The molecule has 0 spiro atoms. The van der Waals surface area contributed by atoms with E-state index in [0.29, 0.717) is 23.7 Å². The molecule has 13 heteroatoms. The Balaban J connectivity index is -0.000000322. The van der Waals surface area contributed by atoms with Crippen molar-refractivity contribution < 1.29 is 135 Å². The van der Waals surface area contributed by atoms with E-state index in [2.05, 4.69) is 26.3 Å². The fourth-order valence-corrected chi connectivity index (χ4v) is 9.28. The van der Waals surface area contributed by atoms with Gasteiger partial charge in [0.15, 0.2) is 0 Å². The van der Waals surface area contributed by atoms with Gasteiger partial charge in [-0.3, -0.25) is 19.2 Å². The van der Waals surface area contributed by atoms with Crippen LogP contribution in [0.2, 0.25) is 0 Å². The van der Waals surface area contributed by atoms with Crippen molar-refractivity contribution in [3.63, 3.8) is 0 Å². The van der Waals surface area contributed by atoms with Crippen molar-refractivity contribution in [1.82, 2.24) is 0 Å². The maximum absolute atomic E-state index is 11.6. The maximum Gasteiger partial charge on any atom is 0.311 e. The summed E-state index contributed by atoms with van der Waals surface area (Å²) in [4.78, 5) is 46.3. The average Bonchev–Trinajstić information content (AvgIpc) is 3.96. The molecule has 0 bridgehead atoms. The largest absolute Gasteiger partial charge is 0.469 e. The van der Waals surface area contributed by atoms with Crippen molar-refractivity contribution in [1.29, 1.82) is 0 Å². The Morgan fingerprint density at radius 2 is 0.655 bits per heavy atom. The topological polar surface area (TPSA) is 105 Å². The Morgan fingerprint density at radius 3 is 0.776 bits per heavy atom. The second kappa shape index (κ2) is 33.8. The zero-order valence-electron chi connectivity index (χ0n) is 37.3. The summed E-state index contributed by atoms with van der Waals surface area (Å²) >= 11 is 0.250. The number of ether oxygens (including phenoxy) is 4. The van der Waals surface area contributed by atoms with E-state index in [1.807, 2.05) is 52.0 Å². The summed E-state index contributed by atoms with van der Waals surface area (Å²) in [5, 5.41) is 0. The molecule has 0 aromatic carbocycles. The molecule has 4 saturated carbocycles. The van der Waals surface area contributed by atoms with Crippen molar-refractivity contribution in [2.24, 2.45) is 45.3 Å². The molecule has 4 rings (SSSR count).